The van der Waals surface area contributed by atoms with Gasteiger partial charge >= 0.3 is 0 Å². The second-order valence-electron chi connectivity index (χ2n) is 4.83. The molecule has 0 fully saturated rings. The van der Waals surface area contributed by atoms with Gasteiger partial charge in [-0.25, -0.2) is 4.98 Å². The molecule has 2 N–H and O–H groups in total. The molecule has 1 aromatic carbocycles. The number of imidazole rings is 1. The van der Waals surface area contributed by atoms with Gasteiger partial charge in [0.25, 0.3) is 0 Å². The molecule has 2 rings (SSSR count). The standard InChI is InChI=1S/C15H21N3O/c1-5-18-14(16)13(17-15(18)10(2)3)11-7-6-8-12(9-11)19-4/h6-10H,5,16H2,1-4H3. The van der Waals surface area contributed by atoms with Gasteiger partial charge in [0, 0.05) is 18.0 Å². The van der Waals surface area contributed by atoms with E-state index in [-0.39, 0.29) is 0 Å². The average Bonchev–Trinajstić information content (AvgIpc) is 2.76. The minimum Gasteiger partial charge on any atom is -0.497 e. The molecule has 2 aromatic rings. The van der Waals surface area contributed by atoms with E-state index in [1.165, 1.54) is 0 Å². The zero-order valence-corrected chi connectivity index (χ0v) is 12.0. The molecule has 0 bridgehead atoms. The largest absolute Gasteiger partial charge is 0.497 e. The summed E-state index contributed by atoms with van der Waals surface area (Å²) in [6.07, 6.45) is 0. The van der Waals surface area contributed by atoms with Crippen LogP contribution in [0.3, 0.4) is 0 Å². The van der Waals surface area contributed by atoms with Crippen LogP contribution in [0.25, 0.3) is 11.3 Å². The molecule has 1 heterocycles. The van der Waals surface area contributed by atoms with Gasteiger partial charge < -0.3 is 15.0 Å². The van der Waals surface area contributed by atoms with E-state index in [9.17, 15) is 0 Å². The molecule has 19 heavy (non-hydrogen) atoms. The van der Waals surface area contributed by atoms with Gasteiger partial charge in [-0.3, -0.25) is 0 Å². The van der Waals surface area contributed by atoms with Crippen molar-refractivity contribution in [3.8, 4) is 17.0 Å². The summed E-state index contributed by atoms with van der Waals surface area (Å²) in [6.45, 7) is 7.17. The molecule has 102 valence electrons. The number of rotatable bonds is 4. The quantitative estimate of drug-likeness (QED) is 0.916. The number of aromatic nitrogens is 2. The highest BCUT2D eigenvalue weighted by atomic mass is 16.5. The Labute approximate surface area is 114 Å². The lowest BCUT2D eigenvalue weighted by Gasteiger charge is -2.08. The van der Waals surface area contributed by atoms with Crippen LogP contribution in [-0.2, 0) is 6.54 Å². The van der Waals surface area contributed by atoms with Gasteiger partial charge in [0.05, 0.1) is 7.11 Å². The Morgan fingerprint density at radius 3 is 2.63 bits per heavy atom. The number of hydrogen-bond acceptors (Lipinski definition) is 3. The normalized spacial score (nSPS) is 11.0. The number of nitrogens with two attached hydrogens (primary N) is 1. The summed E-state index contributed by atoms with van der Waals surface area (Å²) >= 11 is 0. The third-order valence-corrected chi connectivity index (χ3v) is 3.21. The highest BCUT2D eigenvalue weighted by Gasteiger charge is 2.17. The van der Waals surface area contributed by atoms with Crippen LogP contribution in [0.15, 0.2) is 24.3 Å². The van der Waals surface area contributed by atoms with Gasteiger partial charge in [0.15, 0.2) is 0 Å². The van der Waals surface area contributed by atoms with Gasteiger partial charge in [0.2, 0.25) is 0 Å². The lowest BCUT2D eigenvalue weighted by molar-refractivity contribution is 0.415. The van der Waals surface area contributed by atoms with Crippen molar-refractivity contribution in [1.82, 2.24) is 9.55 Å². The summed E-state index contributed by atoms with van der Waals surface area (Å²) in [5, 5.41) is 0. The maximum Gasteiger partial charge on any atom is 0.131 e. The molecule has 0 radical (unpaired) electrons. The molecule has 0 amide bonds. The fourth-order valence-corrected chi connectivity index (χ4v) is 2.24. The summed E-state index contributed by atoms with van der Waals surface area (Å²) in [5.74, 6) is 2.91. The molecule has 0 atom stereocenters. The molecule has 4 nitrogen and oxygen atoms in total. The van der Waals surface area contributed by atoms with Crippen LogP contribution in [-0.4, -0.2) is 16.7 Å². The predicted octanol–water partition coefficient (Wildman–Crippen LogP) is 3.28. The van der Waals surface area contributed by atoms with E-state index in [1.807, 2.05) is 24.3 Å². The lowest BCUT2D eigenvalue weighted by Crippen LogP contribution is -2.06. The molecular weight excluding hydrogens is 238 g/mol. The lowest BCUT2D eigenvalue weighted by atomic mass is 10.1. The molecule has 0 unspecified atom stereocenters. The molecule has 0 aliphatic carbocycles. The number of benzene rings is 1. The molecular formula is C15H21N3O. The van der Waals surface area contributed by atoms with Gasteiger partial charge in [-0.2, -0.15) is 0 Å². The van der Waals surface area contributed by atoms with Crippen LogP contribution in [0.5, 0.6) is 5.75 Å². The monoisotopic (exact) mass is 259 g/mol. The Bertz CT molecular complexity index is 573. The summed E-state index contributed by atoms with van der Waals surface area (Å²) in [4.78, 5) is 4.71. The van der Waals surface area contributed by atoms with E-state index in [4.69, 9.17) is 15.5 Å². The van der Waals surface area contributed by atoms with Gasteiger partial charge in [-0.05, 0) is 19.1 Å². The fourth-order valence-electron chi connectivity index (χ4n) is 2.24. The highest BCUT2D eigenvalue weighted by Crippen LogP contribution is 2.31. The smallest absolute Gasteiger partial charge is 0.131 e. The van der Waals surface area contributed by atoms with E-state index < -0.39 is 0 Å². The second-order valence-corrected chi connectivity index (χ2v) is 4.83. The van der Waals surface area contributed by atoms with Crippen molar-refractivity contribution >= 4 is 5.82 Å². The third kappa shape index (κ3) is 2.43. The molecule has 1 aromatic heterocycles. The summed E-state index contributed by atoms with van der Waals surface area (Å²) in [7, 11) is 1.66. The summed E-state index contributed by atoms with van der Waals surface area (Å²) in [5.41, 5.74) is 8.06. The van der Waals surface area contributed by atoms with Crippen molar-refractivity contribution in [2.45, 2.75) is 33.2 Å². The zero-order valence-electron chi connectivity index (χ0n) is 12.0. The van der Waals surface area contributed by atoms with Crippen LogP contribution in [0.4, 0.5) is 5.82 Å². The Kier molecular flexibility index (Phi) is 3.79. The van der Waals surface area contributed by atoms with Crippen molar-refractivity contribution < 1.29 is 4.74 Å². The minimum atomic E-state index is 0.349. The van der Waals surface area contributed by atoms with Crippen molar-refractivity contribution in [1.29, 1.82) is 0 Å². The fraction of sp³-hybridized carbons (Fsp3) is 0.400. The Hall–Kier alpha value is -1.97. The molecule has 0 aliphatic heterocycles. The van der Waals surface area contributed by atoms with Crippen molar-refractivity contribution in [2.75, 3.05) is 12.8 Å². The van der Waals surface area contributed by atoms with Crippen molar-refractivity contribution in [3.05, 3.63) is 30.1 Å². The summed E-state index contributed by atoms with van der Waals surface area (Å²) in [6, 6.07) is 7.83. The number of anilines is 1. The molecule has 0 saturated heterocycles. The van der Waals surface area contributed by atoms with Gasteiger partial charge in [-0.15, -0.1) is 0 Å². The number of methoxy groups -OCH3 is 1. The first-order valence-corrected chi connectivity index (χ1v) is 6.58. The first-order chi connectivity index (χ1) is 9.08. The second kappa shape index (κ2) is 5.34. The number of nitrogens with zero attached hydrogens (tertiary/aromatic N) is 2. The maximum atomic E-state index is 6.24. The topological polar surface area (TPSA) is 53.1 Å². The molecule has 0 saturated carbocycles. The van der Waals surface area contributed by atoms with Crippen LogP contribution in [0, 0.1) is 0 Å². The number of hydrogen-bond donors (Lipinski definition) is 1. The average molecular weight is 259 g/mol. The van der Waals surface area contributed by atoms with Gasteiger partial charge in [0.1, 0.15) is 23.1 Å². The maximum absolute atomic E-state index is 6.24. The zero-order chi connectivity index (χ0) is 14.0. The minimum absolute atomic E-state index is 0.349. The first-order valence-electron chi connectivity index (χ1n) is 6.58. The van der Waals surface area contributed by atoms with E-state index in [2.05, 4.69) is 25.3 Å². The number of ether oxygens (including phenoxy) is 1. The Morgan fingerprint density at radius 2 is 2.11 bits per heavy atom. The Balaban J connectivity index is 2.55. The predicted molar refractivity (Wildman–Crippen MR) is 78.4 cm³/mol. The van der Waals surface area contributed by atoms with E-state index in [0.29, 0.717) is 5.92 Å². The first kappa shape index (κ1) is 13.5. The van der Waals surface area contributed by atoms with E-state index in [0.717, 1.165) is 35.2 Å². The molecule has 0 spiro atoms. The van der Waals surface area contributed by atoms with E-state index in [1.54, 1.807) is 7.11 Å². The van der Waals surface area contributed by atoms with Crippen molar-refractivity contribution in [2.24, 2.45) is 0 Å². The van der Waals surface area contributed by atoms with Gasteiger partial charge in [-0.1, -0.05) is 26.0 Å². The van der Waals surface area contributed by atoms with E-state index >= 15 is 0 Å². The van der Waals surface area contributed by atoms with Crippen LogP contribution >= 0.6 is 0 Å². The third-order valence-electron chi connectivity index (χ3n) is 3.21. The van der Waals surface area contributed by atoms with Crippen LogP contribution in [0.2, 0.25) is 0 Å². The molecule has 4 heteroatoms. The summed E-state index contributed by atoms with van der Waals surface area (Å²) < 4.78 is 7.32. The SMILES string of the molecule is CCn1c(C(C)C)nc(-c2cccc(OC)c2)c1N. The van der Waals surface area contributed by atoms with Crippen LogP contribution in [0.1, 0.15) is 32.5 Å². The number of nitrogen functional groups attached to an aromatic ring is 1. The Morgan fingerprint density at radius 1 is 1.37 bits per heavy atom. The molecule has 0 aliphatic rings. The highest BCUT2D eigenvalue weighted by molar-refractivity contribution is 5.72. The van der Waals surface area contributed by atoms with Crippen LogP contribution < -0.4 is 10.5 Å². The van der Waals surface area contributed by atoms with Crippen molar-refractivity contribution in [3.63, 3.8) is 0 Å².